The zero-order valence-electron chi connectivity index (χ0n) is 15.6. The predicted octanol–water partition coefficient (Wildman–Crippen LogP) is -1.78. The van der Waals surface area contributed by atoms with E-state index >= 15 is 0 Å². The molecular formula is C18H24N4O7. The van der Waals surface area contributed by atoms with Gasteiger partial charge in [-0.3, -0.25) is 24.0 Å². The van der Waals surface area contributed by atoms with Gasteiger partial charge >= 0.3 is 11.9 Å². The lowest BCUT2D eigenvalue weighted by molar-refractivity contribution is -0.139. The molecule has 3 amide bonds. The molecule has 29 heavy (non-hydrogen) atoms. The van der Waals surface area contributed by atoms with Gasteiger partial charge in [0.25, 0.3) is 0 Å². The number of aliphatic carboxylic acids is 2. The summed E-state index contributed by atoms with van der Waals surface area (Å²) in [5.41, 5.74) is 6.28. The van der Waals surface area contributed by atoms with Crippen molar-refractivity contribution >= 4 is 29.7 Å². The lowest BCUT2D eigenvalue weighted by Gasteiger charge is -2.19. The van der Waals surface area contributed by atoms with E-state index in [1.807, 2.05) is 0 Å². The SMILES string of the molecule is NC(CCC(=O)O)C(=O)NCC(=O)NC(Cc1ccccc1)C(=O)NCC(=O)O. The summed E-state index contributed by atoms with van der Waals surface area (Å²) in [5, 5.41) is 24.2. The number of hydrogen-bond donors (Lipinski definition) is 6. The molecule has 158 valence electrons. The van der Waals surface area contributed by atoms with Crippen LogP contribution in [0.25, 0.3) is 0 Å². The number of nitrogens with two attached hydrogens (primary N) is 1. The molecule has 0 radical (unpaired) electrons. The van der Waals surface area contributed by atoms with E-state index in [9.17, 15) is 24.0 Å². The van der Waals surface area contributed by atoms with Gasteiger partial charge in [0.05, 0.1) is 12.6 Å². The number of amides is 3. The van der Waals surface area contributed by atoms with E-state index in [1.165, 1.54) is 0 Å². The first-order chi connectivity index (χ1) is 13.7. The minimum Gasteiger partial charge on any atom is -0.481 e. The Labute approximate surface area is 166 Å². The van der Waals surface area contributed by atoms with Gasteiger partial charge in [-0.05, 0) is 12.0 Å². The maximum absolute atomic E-state index is 12.2. The Kier molecular flexibility index (Phi) is 9.82. The summed E-state index contributed by atoms with van der Waals surface area (Å²) in [6, 6.07) is 6.63. The van der Waals surface area contributed by atoms with Gasteiger partial charge in [-0.25, -0.2) is 0 Å². The van der Waals surface area contributed by atoms with Crippen LogP contribution in [0.15, 0.2) is 30.3 Å². The van der Waals surface area contributed by atoms with Crippen molar-refractivity contribution < 1.29 is 34.2 Å². The molecule has 2 unspecified atom stereocenters. The summed E-state index contributed by atoms with van der Waals surface area (Å²) in [5.74, 6) is -4.39. The summed E-state index contributed by atoms with van der Waals surface area (Å²) < 4.78 is 0. The van der Waals surface area contributed by atoms with Crippen LogP contribution >= 0.6 is 0 Å². The molecule has 0 heterocycles. The first kappa shape index (κ1) is 23.6. The largest absolute Gasteiger partial charge is 0.481 e. The third-order valence-electron chi connectivity index (χ3n) is 3.78. The van der Waals surface area contributed by atoms with Crippen molar-refractivity contribution in [2.24, 2.45) is 5.73 Å². The second-order valence-electron chi connectivity index (χ2n) is 6.18. The summed E-state index contributed by atoms with van der Waals surface area (Å²) in [6.45, 7) is -1.08. The van der Waals surface area contributed by atoms with Crippen LogP contribution in [0.3, 0.4) is 0 Å². The molecule has 0 fully saturated rings. The van der Waals surface area contributed by atoms with E-state index in [2.05, 4.69) is 16.0 Å². The smallest absolute Gasteiger partial charge is 0.322 e. The lowest BCUT2D eigenvalue weighted by Crippen LogP contribution is -2.52. The number of carbonyl (C=O) groups excluding carboxylic acids is 3. The van der Waals surface area contributed by atoms with Gasteiger partial charge in [0, 0.05) is 12.8 Å². The average Bonchev–Trinajstić information content (AvgIpc) is 2.68. The van der Waals surface area contributed by atoms with E-state index in [1.54, 1.807) is 30.3 Å². The highest BCUT2D eigenvalue weighted by atomic mass is 16.4. The second-order valence-corrected chi connectivity index (χ2v) is 6.18. The van der Waals surface area contributed by atoms with Gasteiger partial charge in [0.1, 0.15) is 12.6 Å². The molecule has 0 aliphatic rings. The normalized spacial score (nSPS) is 12.3. The molecule has 11 nitrogen and oxygen atoms in total. The van der Waals surface area contributed by atoms with Crippen molar-refractivity contribution in [3.8, 4) is 0 Å². The van der Waals surface area contributed by atoms with Crippen molar-refractivity contribution in [3.63, 3.8) is 0 Å². The number of rotatable bonds is 12. The van der Waals surface area contributed by atoms with Crippen molar-refractivity contribution in [1.29, 1.82) is 0 Å². The molecular weight excluding hydrogens is 384 g/mol. The molecule has 2 atom stereocenters. The lowest BCUT2D eigenvalue weighted by atomic mass is 10.1. The van der Waals surface area contributed by atoms with Gasteiger partial charge in [0.2, 0.25) is 17.7 Å². The average molecular weight is 408 g/mol. The Hall–Kier alpha value is -3.47. The number of benzene rings is 1. The Balaban J connectivity index is 2.63. The molecule has 0 saturated heterocycles. The van der Waals surface area contributed by atoms with Gasteiger partial charge in [0.15, 0.2) is 0 Å². The highest BCUT2D eigenvalue weighted by molar-refractivity contribution is 5.92. The third-order valence-corrected chi connectivity index (χ3v) is 3.78. The fourth-order valence-electron chi connectivity index (χ4n) is 2.30. The number of carboxylic acid groups (broad SMARTS) is 2. The summed E-state index contributed by atoms with van der Waals surface area (Å²) in [6.07, 6.45) is -0.259. The van der Waals surface area contributed by atoms with Crippen LogP contribution in [-0.2, 0) is 30.4 Å². The van der Waals surface area contributed by atoms with Crippen LogP contribution in [0, 0.1) is 0 Å². The summed E-state index contributed by atoms with van der Waals surface area (Å²) in [4.78, 5) is 57.3. The first-order valence-corrected chi connectivity index (χ1v) is 8.77. The second kappa shape index (κ2) is 12.1. The van der Waals surface area contributed by atoms with Gasteiger partial charge in [-0.2, -0.15) is 0 Å². The molecule has 0 spiro atoms. The Bertz CT molecular complexity index is 739. The molecule has 0 aliphatic heterocycles. The van der Waals surface area contributed by atoms with E-state index in [-0.39, 0.29) is 19.3 Å². The molecule has 0 bridgehead atoms. The van der Waals surface area contributed by atoms with Crippen LogP contribution in [0.1, 0.15) is 18.4 Å². The van der Waals surface area contributed by atoms with Gasteiger partial charge in [-0.1, -0.05) is 30.3 Å². The topological polar surface area (TPSA) is 188 Å². The molecule has 1 aromatic rings. The van der Waals surface area contributed by atoms with Crippen LogP contribution in [0.2, 0.25) is 0 Å². The number of nitrogens with one attached hydrogen (secondary N) is 3. The van der Waals surface area contributed by atoms with E-state index in [4.69, 9.17) is 15.9 Å². The fourth-order valence-corrected chi connectivity index (χ4v) is 2.30. The highest BCUT2D eigenvalue weighted by Gasteiger charge is 2.22. The summed E-state index contributed by atoms with van der Waals surface area (Å²) in [7, 11) is 0. The monoisotopic (exact) mass is 408 g/mol. The standard InChI is InChI=1S/C18H24N4O7/c19-12(6-7-15(24)25)17(28)20-9-14(23)22-13(18(29)21-10-16(26)27)8-11-4-2-1-3-5-11/h1-5,12-13H,6-10,19H2,(H,20,28)(H,21,29)(H,22,23)(H,24,25)(H,26,27). The number of hydrogen-bond acceptors (Lipinski definition) is 6. The highest BCUT2D eigenvalue weighted by Crippen LogP contribution is 2.03. The predicted molar refractivity (Wildman–Crippen MR) is 101 cm³/mol. The minimum absolute atomic E-state index is 0.0863. The Morgan fingerprint density at radius 1 is 0.897 bits per heavy atom. The van der Waals surface area contributed by atoms with Crippen LogP contribution < -0.4 is 21.7 Å². The van der Waals surface area contributed by atoms with E-state index in [0.717, 1.165) is 5.56 Å². The maximum atomic E-state index is 12.2. The Morgan fingerprint density at radius 3 is 2.10 bits per heavy atom. The molecule has 1 aromatic carbocycles. The van der Waals surface area contributed by atoms with Crippen LogP contribution in [0.5, 0.6) is 0 Å². The zero-order valence-corrected chi connectivity index (χ0v) is 15.6. The minimum atomic E-state index is -1.23. The molecule has 1 rings (SSSR count). The fraction of sp³-hybridized carbons (Fsp3) is 0.389. The van der Waals surface area contributed by atoms with Gasteiger partial charge < -0.3 is 31.9 Å². The molecule has 0 saturated carbocycles. The molecule has 11 heteroatoms. The Morgan fingerprint density at radius 2 is 1.52 bits per heavy atom. The number of carbonyl (C=O) groups is 5. The summed E-state index contributed by atoms with van der Waals surface area (Å²) >= 11 is 0. The van der Waals surface area contributed by atoms with Crippen molar-refractivity contribution in [3.05, 3.63) is 35.9 Å². The quantitative estimate of drug-likeness (QED) is 0.234. The number of carboxylic acids is 2. The van der Waals surface area contributed by atoms with Crippen LogP contribution in [0.4, 0.5) is 0 Å². The molecule has 0 aromatic heterocycles. The van der Waals surface area contributed by atoms with E-state index < -0.39 is 54.8 Å². The molecule has 7 N–H and O–H groups in total. The van der Waals surface area contributed by atoms with Crippen LogP contribution in [-0.4, -0.2) is 65.0 Å². The zero-order chi connectivity index (χ0) is 21.8. The maximum Gasteiger partial charge on any atom is 0.322 e. The van der Waals surface area contributed by atoms with Crippen molar-refractivity contribution in [2.75, 3.05) is 13.1 Å². The van der Waals surface area contributed by atoms with E-state index in [0.29, 0.717) is 0 Å². The first-order valence-electron chi connectivity index (χ1n) is 8.77. The van der Waals surface area contributed by atoms with Crippen molar-refractivity contribution in [2.45, 2.75) is 31.3 Å². The third kappa shape index (κ3) is 9.86. The van der Waals surface area contributed by atoms with Gasteiger partial charge in [-0.15, -0.1) is 0 Å². The van der Waals surface area contributed by atoms with Crippen molar-refractivity contribution in [1.82, 2.24) is 16.0 Å². The molecule has 0 aliphatic carbocycles.